The maximum Gasteiger partial charge on any atom is 0.261 e. The van der Waals surface area contributed by atoms with E-state index >= 15 is 0 Å². The van der Waals surface area contributed by atoms with E-state index in [4.69, 9.17) is 0 Å². The highest BCUT2D eigenvalue weighted by Gasteiger charge is 2.40. The molecule has 2 aliphatic heterocycles. The van der Waals surface area contributed by atoms with Crippen molar-refractivity contribution < 1.29 is 19.2 Å². The Labute approximate surface area is 192 Å². The Balaban J connectivity index is 1.27. The zero-order valence-corrected chi connectivity index (χ0v) is 18.4. The van der Waals surface area contributed by atoms with Gasteiger partial charge in [0.15, 0.2) is 0 Å². The number of nitrogens with zero attached hydrogens (tertiary/aromatic N) is 4. The molecule has 0 radical (unpaired) electrons. The lowest BCUT2D eigenvalue weighted by molar-refractivity contribution is 0.0535. The topological polar surface area (TPSA) is 90.9 Å². The van der Waals surface area contributed by atoms with Gasteiger partial charge in [-0.15, -0.1) is 0 Å². The second kappa shape index (κ2) is 8.77. The molecule has 8 heteroatoms. The van der Waals surface area contributed by atoms with Crippen LogP contribution in [0, 0.1) is 0 Å². The van der Waals surface area contributed by atoms with Crippen LogP contribution in [0.15, 0.2) is 42.7 Å². The SMILES string of the molecule is O=C(c1ccncc1)N1CCN(C(=O)c2ccc3c(c2)C(=O)N(C2CCCCC2)C3=O)CC1. The molecular formula is C25H26N4O4. The van der Waals surface area contributed by atoms with E-state index in [0.29, 0.717) is 48.4 Å². The van der Waals surface area contributed by atoms with Gasteiger partial charge in [-0.3, -0.25) is 29.1 Å². The van der Waals surface area contributed by atoms with Crippen LogP contribution in [0.2, 0.25) is 0 Å². The fourth-order valence-corrected chi connectivity index (χ4v) is 5.04. The number of imide groups is 1. The van der Waals surface area contributed by atoms with Crippen LogP contribution in [0.4, 0.5) is 0 Å². The van der Waals surface area contributed by atoms with E-state index in [1.165, 1.54) is 4.90 Å². The number of carbonyl (C=O) groups excluding carboxylic acids is 4. The fraction of sp³-hybridized carbons (Fsp3) is 0.400. The number of carbonyl (C=O) groups is 4. The van der Waals surface area contributed by atoms with Gasteiger partial charge in [0.1, 0.15) is 0 Å². The van der Waals surface area contributed by atoms with Gasteiger partial charge in [0.25, 0.3) is 23.6 Å². The summed E-state index contributed by atoms with van der Waals surface area (Å²) >= 11 is 0. The molecule has 0 bridgehead atoms. The minimum atomic E-state index is -0.288. The van der Waals surface area contributed by atoms with E-state index in [-0.39, 0.29) is 29.7 Å². The Bertz CT molecular complexity index is 1100. The number of benzene rings is 1. The molecular weight excluding hydrogens is 420 g/mol. The molecule has 2 aromatic rings. The largest absolute Gasteiger partial charge is 0.335 e. The van der Waals surface area contributed by atoms with E-state index in [9.17, 15) is 19.2 Å². The molecule has 8 nitrogen and oxygen atoms in total. The van der Waals surface area contributed by atoms with Gasteiger partial charge in [-0.2, -0.15) is 0 Å². The minimum Gasteiger partial charge on any atom is -0.335 e. The first-order chi connectivity index (χ1) is 16.0. The molecule has 3 heterocycles. The Hall–Kier alpha value is -3.55. The molecule has 4 amide bonds. The van der Waals surface area contributed by atoms with Gasteiger partial charge < -0.3 is 9.80 Å². The zero-order chi connectivity index (χ0) is 22.9. The summed E-state index contributed by atoms with van der Waals surface area (Å²) in [7, 11) is 0. The zero-order valence-electron chi connectivity index (χ0n) is 18.4. The van der Waals surface area contributed by atoms with Gasteiger partial charge in [0.05, 0.1) is 11.1 Å². The second-order valence-electron chi connectivity index (χ2n) is 8.85. The van der Waals surface area contributed by atoms with Crippen molar-refractivity contribution in [3.05, 3.63) is 65.0 Å². The highest BCUT2D eigenvalue weighted by atomic mass is 16.2. The van der Waals surface area contributed by atoms with E-state index in [0.717, 1.165) is 32.1 Å². The molecule has 1 saturated heterocycles. The van der Waals surface area contributed by atoms with Crippen LogP contribution in [-0.2, 0) is 0 Å². The third-order valence-corrected chi connectivity index (χ3v) is 6.89. The maximum atomic E-state index is 13.1. The summed E-state index contributed by atoms with van der Waals surface area (Å²) in [5.41, 5.74) is 1.68. The smallest absolute Gasteiger partial charge is 0.261 e. The highest BCUT2D eigenvalue weighted by molar-refractivity contribution is 6.22. The summed E-state index contributed by atoms with van der Waals surface area (Å²) in [4.78, 5) is 60.4. The molecule has 1 aromatic heterocycles. The van der Waals surface area contributed by atoms with Crippen LogP contribution in [-0.4, -0.2) is 75.5 Å². The van der Waals surface area contributed by atoms with Gasteiger partial charge in [0, 0.05) is 55.7 Å². The van der Waals surface area contributed by atoms with Gasteiger partial charge >= 0.3 is 0 Å². The third kappa shape index (κ3) is 3.90. The van der Waals surface area contributed by atoms with Crippen molar-refractivity contribution >= 4 is 23.6 Å². The first-order valence-electron chi connectivity index (χ1n) is 11.5. The van der Waals surface area contributed by atoms with Crippen LogP contribution in [0.5, 0.6) is 0 Å². The summed E-state index contributed by atoms with van der Waals surface area (Å²) < 4.78 is 0. The van der Waals surface area contributed by atoms with E-state index in [2.05, 4.69) is 4.98 Å². The monoisotopic (exact) mass is 446 g/mol. The Morgan fingerprint density at radius 1 is 0.727 bits per heavy atom. The molecule has 2 fully saturated rings. The van der Waals surface area contributed by atoms with Crippen LogP contribution in [0.1, 0.15) is 73.5 Å². The van der Waals surface area contributed by atoms with E-state index < -0.39 is 0 Å². The standard InChI is InChI=1S/C25H26N4O4/c30-22(17-8-10-26-11-9-17)27-12-14-28(15-13-27)23(31)18-6-7-20-21(16-18)25(33)29(24(20)32)19-4-2-1-3-5-19/h6-11,16,19H,1-5,12-15H2. The Morgan fingerprint density at radius 2 is 1.30 bits per heavy atom. The molecule has 33 heavy (non-hydrogen) atoms. The number of piperazine rings is 1. The van der Waals surface area contributed by atoms with Gasteiger partial charge in [-0.1, -0.05) is 19.3 Å². The molecule has 1 aromatic carbocycles. The van der Waals surface area contributed by atoms with Gasteiger partial charge in [-0.25, -0.2) is 0 Å². The molecule has 1 aliphatic carbocycles. The number of fused-ring (bicyclic) bond motifs is 1. The summed E-state index contributed by atoms with van der Waals surface area (Å²) in [5.74, 6) is -0.799. The second-order valence-corrected chi connectivity index (χ2v) is 8.85. The summed E-state index contributed by atoms with van der Waals surface area (Å²) in [6.07, 6.45) is 8.05. The minimum absolute atomic E-state index is 0.0451. The van der Waals surface area contributed by atoms with Crippen molar-refractivity contribution in [2.45, 2.75) is 38.1 Å². The molecule has 0 spiro atoms. The average molecular weight is 447 g/mol. The summed E-state index contributed by atoms with van der Waals surface area (Å²) in [6.45, 7) is 1.69. The molecule has 3 aliphatic rings. The summed E-state index contributed by atoms with van der Waals surface area (Å²) in [5, 5.41) is 0. The number of amides is 4. The Morgan fingerprint density at radius 3 is 1.94 bits per heavy atom. The predicted molar refractivity (Wildman–Crippen MR) is 120 cm³/mol. The molecule has 0 unspecified atom stereocenters. The number of pyridine rings is 1. The normalized spacial score (nSPS) is 19.1. The Kier molecular flexibility index (Phi) is 5.66. The lowest BCUT2D eigenvalue weighted by Gasteiger charge is -2.34. The van der Waals surface area contributed by atoms with Crippen molar-refractivity contribution in [3.63, 3.8) is 0 Å². The van der Waals surface area contributed by atoms with Gasteiger partial charge in [0.2, 0.25) is 0 Å². The first-order valence-corrected chi connectivity index (χ1v) is 11.5. The average Bonchev–Trinajstić information content (AvgIpc) is 3.13. The number of hydrogen-bond acceptors (Lipinski definition) is 5. The van der Waals surface area contributed by atoms with Crippen molar-refractivity contribution in [2.24, 2.45) is 0 Å². The van der Waals surface area contributed by atoms with Crippen LogP contribution >= 0.6 is 0 Å². The summed E-state index contributed by atoms with van der Waals surface area (Å²) in [6, 6.07) is 8.12. The fourth-order valence-electron chi connectivity index (χ4n) is 5.04. The van der Waals surface area contributed by atoms with Crippen LogP contribution in [0.25, 0.3) is 0 Å². The van der Waals surface area contributed by atoms with Crippen molar-refractivity contribution in [1.82, 2.24) is 19.7 Å². The number of hydrogen-bond donors (Lipinski definition) is 0. The van der Waals surface area contributed by atoms with E-state index in [1.54, 1.807) is 52.5 Å². The number of rotatable bonds is 3. The quantitative estimate of drug-likeness (QED) is 0.676. The molecule has 0 N–H and O–H groups in total. The molecule has 0 atom stereocenters. The molecule has 5 rings (SSSR count). The maximum absolute atomic E-state index is 13.1. The van der Waals surface area contributed by atoms with Crippen molar-refractivity contribution in [1.29, 1.82) is 0 Å². The lowest BCUT2D eigenvalue weighted by atomic mass is 9.94. The van der Waals surface area contributed by atoms with Crippen LogP contribution < -0.4 is 0 Å². The van der Waals surface area contributed by atoms with Crippen molar-refractivity contribution in [2.75, 3.05) is 26.2 Å². The van der Waals surface area contributed by atoms with Crippen molar-refractivity contribution in [3.8, 4) is 0 Å². The van der Waals surface area contributed by atoms with Gasteiger partial charge in [-0.05, 0) is 43.2 Å². The lowest BCUT2D eigenvalue weighted by Crippen LogP contribution is -2.50. The molecule has 170 valence electrons. The number of aromatic nitrogens is 1. The highest BCUT2D eigenvalue weighted by Crippen LogP contribution is 2.31. The third-order valence-electron chi connectivity index (χ3n) is 6.89. The first kappa shape index (κ1) is 21.3. The van der Waals surface area contributed by atoms with Crippen LogP contribution in [0.3, 0.4) is 0 Å². The van der Waals surface area contributed by atoms with E-state index in [1.807, 2.05) is 0 Å². The predicted octanol–water partition coefficient (Wildman–Crippen LogP) is 2.61. The molecule has 1 saturated carbocycles.